The molecule has 0 aromatic heterocycles. The van der Waals surface area contributed by atoms with E-state index in [-0.39, 0.29) is 5.69 Å². The summed E-state index contributed by atoms with van der Waals surface area (Å²) < 4.78 is 0. The van der Waals surface area contributed by atoms with Crippen LogP contribution in [0.15, 0.2) is 24.3 Å². The van der Waals surface area contributed by atoms with Crippen LogP contribution >= 0.6 is 0 Å². The van der Waals surface area contributed by atoms with Gasteiger partial charge < -0.3 is 5.01 Å². The zero-order valence-corrected chi connectivity index (χ0v) is 6.60. The van der Waals surface area contributed by atoms with Crippen LogP contribution in [0.1, 0.15) is 0 Å². The molecule has 0 aliphatic rings. The first-order chi connectivity index (χ1) is 5.63. The van der Waals surface area contributed by atoms with Crippen LogP contribution in [0.25, 0.3) is 0 Å². The second-order valence-electron chi connectivity index (χ2n) is 2.36. The van der Waals surface area contributed by atoms with Crippen LogP contribution in [0.5, 0.6) is 0 Å². The first-order valence-corrected chi connectivity index (χ1v) is 3.35. The number of nitro benzene ring substituents is 1. The minimum Gasteiger partial charge on any atom is -0.308 e. The van der Waals surface area contributed by atoms with Crippen molar-refractivity contribution in [2.75, 3.05) is 12.1 Å². The smallest absolute Gasteiger partial charge is 0.293 e. The van der Waals surface area contributed by atoms with Crippen molar-refractivity contribution in [2.45, 2.75) is 0 Å². The average molecular weight is 167 g/mol. The molecule has 0 spiro atoms. The van der Waals surface area contributed by atoms with Crippen LogP contribution in [0.3, 0.4) is 0 Å². The molecule has 0 radical (unpaired) electrons. The lowest BCUT2D eigenvalue weighted by Gasteiger charge is -2.10. The van der Waals surface area contributed by atoms with Crippen molar-refractivity contribution in [2.24, 2.45) is 5.84 Å². The fourth-order valence-corrected chi connectivity index (χ4v) is 0.917. The minimum atomic E-state index is -0.460. The maximum Gasteiger partial charge on any atom is 0.293 e. The van der Waals surface area contributed by atoms with Crippen LogP contribution in [0, 0.1) is 10.1 Å². The van der Waals surface area contributed by atoms with E-state index in [9.17, 15) is 10.1 Å². The molecule has 1 aromatic carbocycles. The van der Waals surface area contributed by atoms with Crippen molar-refractivity contribution in [3.63, 3.8) is 0 Å². The van der Waals surface area contributed by atoms with Gasteiger partial charge in [0.15, 0.2) is 0 Å². The Morgan fingerprint density at radius 2 is 2.08 bits per heavy atom. The molecule has 0 amide bonds. The summed E-state index contributed by atoms with van der Waals surface area (Å²) in [6.45, 7) is 0. The van der Waals surface area contributed by atoms with Crippen molar-refractivity contribution < 1.29 is 4.92 Å². The highest BCUT2D eigenvalue weighted by atomic mass is 16.6. The van der Waals surface area contributed by atoms with Gasteiger partial charge in [0.1, 0.15) is 5.69 Å². The molecule has 0 fully saturated rings. The average Bonchev–Trinajstić information content (AvgIpc) is 2.04. The second kappa shape index (κ2) is 3.19. The van der Waals surface area contributed by atoms with Gasteiger partial charge in [0.25, 0.3) is 5.69 Å². The lowest BCUT2D eigenvalue weighted by molar-refractivity contribution is -0.384. The summed E-state index contributed by atoms with van der Waals surface area (Å²) in [5.74, 6) is 5.38. The summed E-state index contributed by atoms with van der Waals surface area (Å²) in [5.41, 5.74) is 0.421. The zero-order chi connectivity index (χ0) is 9.14. The predicted molar refractivity (Wildman–Crippen MR) is 45.7 cm³/mol. The molecule has 1 rings (SSSR count). The molecule has 64 valence electrons. The van der Waals surface area contributed by atoms with Gasteiger partial charge in [-0.1, -0.05) is 12.1 Å². The molecule has 0 saturated carbocycles. The quantitative estimate of drug-likeness (QED) is 0.403. The van der Waals surface area contributed by atoms with Crippen molar-refractivity contribution >= 4 is 11.4 Å². The summed E-state index contributed by atoms with van der Waals surface area (Å²) in [5, 5.41) is 11.7. The van der Waals surface area contributed by atoms with E-state index in [2.05, 4.69) is 0 Å². The van der Waals surface area contributed by atoms with Gasteiger partial charge in [0.2, 0.25) is 0 Å². The summed E-state index contributed by atoms with van der Waals surface area (Å²) in [7, 11) is 1.56. The topological polar surface area (TPSA) is 72.4 Å². The first-order valence-electron chi connectivity index (χ1n) is 3.35. The third kappa shape index (κ3) is 1.51. The van der Waals surface area contributed by atoms with Crippen molar-refractivity contribution in [3.05, 3.63) is 34.4 Å². The van der Waals surface area contributed by atoms with Gasteiger partial charge in [-0.25, -0.2) is 5.84 Å². The summed E-state index contributed by atoms with van der Waals surface area (Å²) in [6.07, 6.45) is 0. The standard InChI is InChI=1S/C7H9N3O2/c1-9(8)6-4-2-3-5-7(6)10(11)12/h2-5H,8H2,1H3. The number of rotatable bonds is 2. The van der Waals surface area contributed by atoms with Gasteiger partial charge >= 0.3 is 0 Å². The van der Waals surface area contributed by atoms with Crippen LogP contribution in [-0.4, -0.2) is 12.0 Å². The number of hydrogen-bond acceptors (Lipinski definition) is 4. The first kappa shape index (κ1) is 8.48. The fraction of sp³-hybridized carbons (Fsp3) is 0.143. The summed E-state index contributed by atoms with van der Waals surface area (Å²) in [6, 6.07) is 6.31. The number of benzene rings is 1. The molecule has 2 N–H and O–H groups in total. The summed E-state index contributed by atoms with van der Waals surface area (Å²) in [4.78, 5) is 9.99. The molecule has 0 heterocycles. The van der Waals surface area contributed by atoms with E-state index >= 15 is 0 Å². The van der Waals surface area contributed by atoms with Crippen molar-refractivity contribution in [1.29, 1.82) is 0 Å². The van der Waals surface area contributed by atoms with Gasteiger partial charge in [0, 0.05) is 13.1 Å². The van der Waals surface area contributed by atoms with Gasteiger partial charge in [-0.15, -0.1) is 0 Å². The Kier molecular flexibility index (Phi) is 2.25. The molecule has 0 bridgehead atoms. The molecule has 5 heteroatoms. The SMILES string of the molecule is CN(N)c1ccccc1[N+](=O)[O-]. The van der Waals surface area contributed by atoms with Crippen LogP contribution in [0.2, 0.25) is 0 Å². The number of anilines is 1. The maximum absolute atomic E-state index is 10.4. The lowest BCUT2D eigenvalue weighted by Crippen LogP contribution is -2.25. The molecule has 1 aromatic rings. The molecular formula is C7H9N3O2. The van der Waals surface area contributed by atoms with E-state index in [0.717, 1.165) is 0 Å². The van der Waals surface area contributed by atoms with E-state index < -0.39 is 4.92 Å². The Bertz CT molecular complexity index is 298. The number of para-hydroxylation sites is 2. The molecule has 0 aliphatic heterocycles. The van der Waals surface area contributed by atoms with Crippen molar-refractivity contribution in [3.8, 4) is 0 Å². The number of hydrogen-bond donors (Lipinski definition) is 1. The molecule has 5 nitrogen and oxygen atoms in total. The predicted octanol–water partition coefficient (Wildman–Crippen LogP) is 0.905. The van der Waals surface area contributed by atoms with E-state index in [4.69, 9.17) is 5.84 Å². The Balaban J connectivity index is 3.17. The van der Waals surface area contributed by atoms with Gasteiger partial charge in [-0.2, -0.15) is 0 Å². The van der Waals surface area contributed by atoms with E-state index in [1.165, 1.54) is 11.1 Å². The Morgan fingerprint density at radius 3 is 2.50 bits per heavy atom. The number of nitrogens with zero attached hydrogens (tertiary/aromatic N) is 2. The lowest BCUT2D eigenvalue weighted by atomic mass is 10.3. The van der Waals surface area contributed by atoms with Crippen molar-refractivity contribution in [1.82, 2.24) is 0 Å². The monoisotopic (exact) mass is 167 g/mol. The highest BCUT2D eigenvalue weighted by Crippen LogP contribution is 2.24. The van der Waals surface area contributed by atoms with Crippen LogP contribution in [-0.2, 0) is 0 Å². The van der Waals surface area contributed by atoms with E-state index in [1.807, 2.05) is 0 Å². The Hall–Kier alpha value is -1.62. The number of nitrogens with two attached hydrogens (primary N) is 1. The van der Waals surface area contributed by atoms with Gasteiger partial charge in [-0.3, -0.25) is 10.1 Å². The number of hydrazine groups is 1. The Labute approximate surface area is 69.5 Å². The highest BCUT2D eigenvalue weighted by molar-refractivity contribution is 5.61. The van der Waals surface area contributed by atoms with Crippen LogP contribution in [0.4, 0.5) is 11.4 Å². The largest absolute Gasteiger partial charge is 0.308 e. The van der Waals surface area contributed by atoms with Crippen LogP contribution < -0.4 is 10.9 Å². The minimum absolute atomic E-state index is 0.0162. The molecular weight excluding hydrogens is 158 g/mol. The normalized spacial score (nSPS) is 9.50. The summed E-state index contributed by atoms with van der Waals surface area (Å²) >= 11 is 0. The fourth-order valence-electron chi connectivity index (χ4n) is 0.917. The zero-order valence-electron chi connectivity index (χ0n) is 6.60. The molecule has 0 saturated heterocycles. The van der Waals surface area contributed by atoms with Gasteiger partial charge in [0.05, 0.1) is 4.92 Å². The third-order valence-corrected chi connectivity index (χ3v) is 1.46. The molecule has 0 aliphatic carbocycles. The van der Waals surface area contributed by atoms with E-state index in [0.29, 0.717) is 5.69 Å². The number of nitro groups is 1. The van der Waals surface area contributed by atoms with E-state index in [1.54, 1.807) is 25.2 Å². The molecule has 0 unspecified atom stereocenters. The third-order valence-electron chi connectivity index (χ3n) is 1.46. The highest BCUT2D eigenvalue weighted by Gasteiger charge is 2.13. The molecule has 0 atom stereocenters. The molecule has 12 heavy (non-hydrogen) atoms. The Morgan fingerprint density at radius 1 is 1.50 bits per heavy atom. The second-order valence-corrected chi connectivity index (χ2v) is 2.36. The van der Waals surface area contributed by atoms with Gasteiger partial charge in [-0.05, 0) is 6.07 Å². The maximum atomic E-state index is 10.4.